The van der Waals surface area contributed by atoms with Crippen LogP contribution in [0, 0.1) is 11.8 Å². The van der Waals surface area contributed by atoms with Crippen LogP contribution in [-0.2, 0) is 19.6 Å². The molecule has 1 aliphatic heterocycles. The van der Waals surface area contributed by atoms with Crippen molar-refractivity contribution in [3.05, 3.63) is 29.8 Å². The van der Waals surface area contributed by atoms with Gasteiger partial charge in [-0.15, -0.1) is 0 Å². The standard InChI is InChI=1S/C22H32N2O5S/c1-16-12-17(2)14-24(13-16)30(27,28)20-10-8-18(9-11-20)22(26)29-15-21(25)23-19-6-4-3-5-7-19/h8-11,16-17,19H,3-7,12-15H2,1-2H3,(H,23,25). The Hall–Kier alpha value is -1.93. The van der Waals surface area contributed by atoms with Crippen molar-refractivity contribution in [2.45, 2.75) is 63.3 Å². The van der Waals surface area contributed by atoms with E-state index in [0.717, 1.165) is 32.1 Å². The summed E-state index contributed by atoms with van der Waals surface area (Å²) in [5.41, 5.74) is 0.222. The predicted molar refractivity (Wildman–Crippen MR) is 113 cm³/mol. The molecule has 30 heavy (non-hydrogen) atoms. The summed E-state index contributed by atoms with van der Waals surface area (Å²) < 4.78 is 32.5. The SMILES string of the molecule is CC1CC(C)CN(S(=O)(=O)c2ccc(C(=O)OCC(=O)NC3CCCCC3)cc2)C1. The van der Waals surface area contributed by atoms with Crippen LogP contribution in [0.1, 0.15) is 62.7 Å². The van der Waals surface area contributed by atoms with Gasteiger partial charge in [-0.3, -0.25) is 4.79 Å². The van der Waals surface area contributed by atoms with Gasteiger partial charge in [-0.1, -0.05) is 33.1 Å². The zero-order valence-corrected chi connectivity index (χ0v) is 18.6. The van der Waals surface area contributed by atoms with Crippen molar-refractivity contribution in [1.29, 1.82) is 0 Å². The molecular formula is C22H32N2O5S. The molecule has 1 saturated carbocycles. The highest BCUT2D eigenvalue weighted by atomic mass is 32.2. The molecule has 7 nitrogen and oxygen atoms in total. The summed E-state index contributed by atoms with van der Waals surface area (Å²) in [5, 5.41) is 2.90. The number of hydrogen-bond donors (Lipinski definition) is 1. The van der Waals surface area contributed by atoms with Crippen molar-refractivity contribution < 1.29 is 22.7 Å². The van der Waals surface area contributed by atoms with E-state index in [1.165, 1.54) is 35.0 Å². The lowest BCUT2D eigenvalue weighted by Crippen LogP contribution is -2.42. The number of amides is 1. The zero-order chi connectivity index (χ0) is 21.7. The Morgan fingerprint density at radius 2 is 1.63 bits per heavy atom. The van der Waals surface area contributed by atoms with Crippen molar-refractivity contribution in [3.63, 3.8) is 0 Å². The first kappa shape index (κ1) is 22.7. The van der Waals surface area contributed by atoms with E-state index in [-0.39, 0.29) is 29.0 Å². The van der Waals surface area contributed by atoms with E-state index in [0.29, 0.717) is 24.9 Å². The Kier molecular flexibility index (Phi) is 7.52. The quantitative estimate of drug-likeness (QED) is 0.692. The van der Waals surface area contributed by atoms with Crippen LogP contribution in [0.25, 0.3) is 0 Å². The minimum atomic E-state index is -3.60. The van der Waals surface area contributed by atoms with Crippen molar-refractivity contribution in [2.75, 3.05) is 19.7 Å². The van der Waals surface area contributed by atoms with Gasteiger partial charge in [0.2, 0.25) is 10.0 Å². The molecular weight excluding hydrogens is 404 g/mol. The van der Waals surface area contributed by atoms with E-state index >= 15 is 0 Å². The summed E-state index contributed by atoms with van der Waals surface area (Å²) in [5.74, 6) is -0.309. The summed E-state index contributed by atoms with van der Waals surface area (Å²) in [6.45, 7) is 4.79. The van der Waals surface area contributed by atoms with Gasteiger partial charge in [0.05, 0.1) is 10.5 Å². The maximum atomic E-state index is 12.9. The molecule has 3 rings (SSSR count). The molecule has 8 heteroatoms. The Balaban J connectivity index is 1.55. The minimum Gasteiger partial charge on any atom is -0.452 e. The number of benzene rings is 1. The second kappa shape index (κ2) is 9.92. The number of carbonyl (C=O) groups excluding carboxylic acids is 2. The molecule has 1 amide bonds. The van der Waals surface area contributed by atoms with Crippen LogP contribution in [-0.4, -0.2) is 50.3 Å². The molecule has 0 spiro atoms. The molecule has 1 aromatic carbocycles. The number of nitrogens with one attached hydrogen (secondary N) is 1. The predicted octanol–water partition coefficient (Wildman–Crippen LogP) is 2.96. The van der Waals surface area contributed by atoms with Crippen LogP contribution in [0.3, 0.4) is 0 Å². The van der Waals surface area contributed by atoms with Gasteiger partial charge in [-0.2, -0.15) is 4.31 Å². The maximum absolute atomic E-state index is 12.9. The Morgan fingerprint density at radius 3 is 2.23 bits per heavy atom. The van der Waals surface area contributed by atoms with E-state index in [9.17, 15) is 18.0 Å². The van der Waals surface area contributed by atoms with Crippen LogP contribution >= 0.6 is 0 Å². The van der Waals surface area contributed by atoms with Gasteiger partial charge in [0.25, 0.3) is 5.91 Å². The van der Waals surface area contributed by atoms with E-state index in [2.05, 4.69) is 19.2 Å². The van der Waals surface area contributed by atoms with Crippen molar-refractivity contribution in [2.24, 2.45) is 11.8 Å². The van der Waals surface area contributed by atoms with Crippen LogP contribution in [0.15, 0.2) is 29.2 Å². The Bertz CT molecular complexity index is 837. The van der Waals surface area contributed by atoms with Gasteiger partial charge in [-0.05, 0) is 55.4 Å². The van der Waals surface area contributed by atoms with Gasteiger partial charge < -0.3 is 10.1 Å². The van der Waals surface area contributed by atoms with Crippen LogP contribution < -0.4 is 5.32 Å². The average molecular weight is 437 g/mol. The number of nitrogens with zero attached hydrogens (tertiary/aromatic N) is 1. The van der Waals surface area contributed by atoms with Gasteiger partial charge in [0.1, 0.15) is 0 Å². The van der Waals surface area contributed by atoms with Gasteiger partial charge >= 0.3 is 5.97 Å². The number of sulfonamides is 1. The second-order valence-electron chi connectivity index (χ2n) is 8.77. The Morgan fingerprint density at radius 1 is 1.03 bits per heavy atom. The monoisotopic (exact) mass is 436 g/mol. The van der Waals surface area contributed by atoms with Gasteiger partial charge in [0.15, 0.2) is 6.61 Å². The van der Waals surface area contributed by atoms with Crippen molar-refractivity contribution in [3.8, 4) is 0 Å². The minimum absolute atomic E-state index is 0.162. The molecule has 0 radical (unpaired) electrons. The molecule has 1 aliphatic carbocycles. The highest BCUT2D eigenvalue weighted by molar-refractivity contribution is 7.89. The van der Waals surface area contributed by atoms with Crippen LogP contribution in [0.4, 0.5) is 0 Å². The molecule has 1 aromatic rings. The number of esters is 1. The number of ether oxygens (including phenoxy) is 1. The first-order valence-electron chi connectivity index (χ1n) is 10.8. The molecule has 2 unspecified atom stereocenters. The third-order valence-electron chi connectivity index (χ3n) is 5.87. The van der Waals surface area contributed by atoms with Crippen LogP contribution in [0.5, 0.6) is 0 Å². The van der Waals surface area contributed by atoms with E-state index in [1.807, 2.05) is 0 Å². The topological polar surface area (TPSA) is 92.8 Å². The number of carbonyl (C=O) groups is 2. The smallest absolute Gasteiger partial charge is 0.338 e. The Labute approximate surface area is 179 Å². The number of hydrogen-bond acceptors (Lipinski definition) is 5. The van der Waals surface area contributed by atoms with Crippen molar-refractivity contribution in [1.82, 2.24) is 9.62 Å². The lowest BCUT2D eigenvalue weighted by atomic mass is 9.94. The van der Waals surface area contributed by atoms with Gasteiger partial charge in [-0.25, -0.2) is 13.2 Å². The normalized spacial score (nSPS) is 23.7. The fourth-order valence-corrected chi connectivity index (χ4v) is 6.12. The van der Waals surface area contributed by atoms with E-state index in [1.54, 1.807) is 0 Å². The van der Waals surface area contributed by atoms with Crippen LogP contribution in [0.2, 0.25) is 0 Å². The van der Waals surface area contributed by atoms with E-state index in [4.69, 9.17) is 4.74 Å². The summed E-state index contributed by atoms with van der Waals surface area (Å²) in [6, 6.07) is 5.89. The lowest BCUT2D eigenvalue weighted by molar-refractivity contribution is -0.125. The molecule has 0 aromatic heterocycles. The molecule has 166 valence electrons. The largest absolute Gasteiger partial charge is 0.452 e. The maximum Gasteiger partial charge on any atom is 0.338 e. The molecule has 1 N–H and O–H groups in total. The molecule has 1 saturated heterocycles. The third-order valence-corrected chi connectivity index (χ3v) is 7.71. The third kappa shape index (κ3) is 5.82. The molecule has 0 bridgehead atoms. The fraction of sp³-hybridized carbons (Fsp3) is 0.636. The zero-order valence-electron chi connectivity index (χ0n) is 17.8. The highest BCUT2D eigenvalue weighted by Gasteiger charge is 2.31. The lowest BCUT2D eigenvalue weighted by Gasteiger charge is -2.34. The molecule has 2 fully saturated rings. The molecule has 2 aliphatic rings. The highest BCUT2D eigenvalue weighted by Crippen LogP contribution is 2.26. The second-order valence-corrected chi connectivity index (χ2v) is 10.7. The molecule has 2 atom stereocenters. The van der Waals surface area contributed by atoms with Crippen molar-refractivity contribution >= 4 is 21.9 Å². The number of piperidine rings is 1. The summed E-state index contributed by atoms with van der Waals surface area (Å²) >= 11 is 0. The first-order chi connectivity index (χ1) is 14.3. The summed E-state index contributed by atoms with van der Waals surface area (Å²) in [6.07, 6.45) is 6.35. The fourth-order valence-electron chi connectivity index (χ4n) is 4.44. The van der Waals surface area contributed by atoms with E-state index < -0.39 is 16.0 Å². The summed E-state index contributed by atoms with van der Waals surface area (Å²) in [4.78, 5) is 24.4. The van der Waals surface area contributed by atoms with Gasteiger partial charge in [0, 0.05) is 19.1 Å². The molecule has 1 heterocycles. The average Bonchev–Trinajstić information content (AvgIpc) is 2.72. The number of rotatable bonds is 6. The first-order valence-corrected chi connectivity index (χ1v) is 12.3. The summed E-state index contributed by atoms with van der Waals surface area (Å²) in [7, 11) is -3.60.